The van der Waals surface area contributed by atoms with Gasteiger partial charge in [-0.1, -0.05) is 61.5 Å². The van der Waals surface area contributed by atoms with Crippen LogP contribution in [0, 0.1) is 6.07 Å². The zero-order chi connectivity index (χ0) is 10.5. The fourth-order valence-electron chi connectivity index (χ4n) is 1.80. The Hall–Kier alpha value is -1.56. The van der Waals surface area contributed by atoms with Crippen molar-refractivity contribution in [3.63, 3.8) is 0 Å². The standard InChI is InChI=1S/C15H15/c1-13(15-10-6-3-7-11-15)12-14-8-4-2-5-9-14/h2-6,8-11,13H,12H2,1H3. The van der Waals surface area contributed by atoms with Gasteiger partial charge in [0.05, 0.1) is 0 Å². The molecule has 0 spiro atoms. The normalized spacial score (nSPS) is 12.3. The maximum atomic E-state index is 3.13. The second-order valence-corrected chi connectivity index (χ2v) is 3.93. The molecule has 2 aromatic rings. The minimum atomic E-state index is 0.560. The Morgan fingerprint density at radius 2 is 1.87 bits per heavy atom. The molecule has 0 aliphatic rings. The average Bonchev–Trinajstić information content (AvgIpc) is 2.31. The summed E-state index contributed by atoms with van der Waals surface area (Å²) in [6, 6.07) is 22.0. The number of rotatable bonds is 3. The van der Waals surface area contributed by atoms with Crippen LogP contribution >= 0.6 is 0 Å². The molecule has 15 heavy (non-hydrogen) atoms. The van der Waals surface area contributed by atoms with Gasteiger partial charge in [0.15, 0.2) is 0 Å². The van der Waals surface area contributed by atoms with Gasteiger partial charge in [0, 0.05) is 0 Å². The molecule has 75 valence electrons. The zero-order valence-corrected chi connectivity index (χ0v) is 8.98. The summed E-state index contributed by atoms with van der Waals surface area (Å²) in [5.74, 6) is 0.560. The smallest absolute Gasteiger partial charge is 0.0150 e. The van der Waals surface area contributed by atoms with Gasteiger partial charge in [-0.05, 0) is 29.5 Å². The van der Waals surface area contributed by atoms with Crippen LogP contribution in [0.3, 0.4) is 0 Å². The molecule has 0 fully saturated rings. The molecule has 2 rings (SSSR count). The van der Waals surface area contributed by atoms with E-state index in [1.165, 1.54) is 11.1 Å². The summed E-state index contributed by atoms with van der Waals surface area (Å²) in [6.07, 6.45) is 1.10. The monoisotopic (exact) mass is 195 g/mol. The topological polar surface area (TPSA) is 0 Å². The summed E-state index contributed by atoms with van der Waals surface area (Å²) >= 11 is 0. The van der Waals surface area contributed by atoms with Gasteiger partial charge >= 0.3 is 0 Å². The Bertz CT molecular complexity index is 389. The second kappa shape index (κ2) is 4.79. The largest absolute Gasteiger partial charge is 0.0622 e. The molecule has 0 saturated heterocycles. The van der Waals surface area contributed by atoms with Gasteiger partial charge in [-0.3, -0.25) is 0 Å². The van der Waals surface area contributed by atoms with E-state index in [4.69, 9.17) is 0 Å². The van der Waals surface area contributed by atoms with Crippen molar-refractivity contribution in [1.29, 1.82) is 0 Å². The first-order chi connectivity index (χ1) is 7.36. The van der Waals surface area contributed by atoms with Crippen LogP contribution in [0.25, 0.3) is 0 Å². The highest BCUT2D eigenvalue weighted by Gasteiger charge is 2.05. The SMILES string of the molecule is CC(Cc1ccccc1)c1c[c]ccc1. The molecule has 0 saturated carbocycles. The van der Waals surface area contributed by atoms with E-state index in [2.05, 4.69) is 61.5 Å². The van der Waals surface area contributed by atoms with Crippen LogP contribution in [0.4, 0.5) is 0 Å². The molecule has 0 amide bonds. The molecule has 1 radical (unpaired) electrons. The van der Waals surface area contributed by atoms with Gasteiger partial charge in [0.25, 0.3) is 0 Å². The van der Waals surface area contributed by atoms with E-state index in [1.807, 2.05) is 6.07 Å². The molecule has 0 bridgehead atoms. The first-order valence-corrected chi connectivity index (χ1v) is 5.36. The van der Waals surface area contributed by atoms with Crippen LogP contribution in [-0.2, 0) is 6.42 Å². The third kappa shape index (κ3) is 2.69. The van der Waals surface area contributed by atoms with Crippen LogP contribution in [-0.4, -0.2) is 0 Å². The van der Waals surface area contributed by atoms with E-state index in [9.17, 15) is 0 Å². The number of hydrogen-bond acceptors (Lipinski definition) is 0. The van der Waals surface area contributed by atoms with Gasteiger partial charge in [-0.2, -0.15) is 0 Å². The van der Waals surface area contributed by atoms with Gasteiger partial charge in [-0.15, -0.1) is 0 Å². The second-order valence-electron chi connectivity index (χ2n) is 3.93. The van der Waals surface area contributed by atoms with Crippen molar-refractivity contribution in [2.24, 2.45) is 0 Å². The Kier molecular flexibility index (Phi) is 3.18. The fourth-order valence-corrected chi connectivity index (χ4v) is 1.80. The molecule has 0 N–H and O–H groups in total. The molecular formula is C15H15. The minimum Gasteiger partial charge on any atom is -0.0622 e. The van der Waals surface area contributed by atoms with E-state index in [1.54, 1.807) is 0 Å². The van der Waals surface area contributed by atoms with Crippen molar-refractivity contribution in [2.75, 3.05) is 0 Å². The van der Waals surface area contributed by atoms with Crippen molar-refractivity contribution >= 4 is 0 Å². The van der Waals surface area contributed by atoms with Gasteiger partial charge in [0.1, 0.15) is 0 Å². The molecule has 1 atom stereocenters. The lowest BCUT2D eigenvalue weighted by molar-refractivity contribution is 0.759. The molecule has 0 heteroatoms. The summed E-state index contributed by atoms with van der Waals surface area (Å²) in [7, 11) is 0. The highest BCUT2D eigenvalue weighted by atomic mass is 14.1. The summed E-state index contributed by atoms with van der Waals surface area (Å²) in [5, 5.41) is 0. The van der Waals surface area contributed by atoms with E-state index in [0.717, 1.165) is 6.42 Å². The highest BCUT2D eigenvalue weighted by Crippen LogP contribution is 2.19. The van der Waals surface area contributed by atoms with Crippen LogP contribution in [0.5, 0.6) is 0 Å². The molecule has 0 aliphatic heterocycles. The first kappa shape index (κ1) is 9.97. The van der Waals surface area contributed by atoms with Crippen molar-refractivity contribution in [2.45, 2.75) is 19.3 Å². The Morgan fingerprint density at radius 1 is 1.07 bits per heavy atom. The number of hydrogen-bond donors (Lipinski definition) is 0. The fraction of sp³-hybridized carbons (Fsp3) is 0.200. The van der Waals surface area contributed by atoms with Crippen LogP contribution < -0.4 is 0 Å². The molecule has 2 aromatic carbocycles. The minimum absolute atomic E-state index is 0.560. The number of benzene rings is 2. The summed E-state index contributed by atoms with van der Waals surface area (Å²) < 4.78 is 0. The van der Waals surface area contributed by atoms with Crippen molar-refractivity contribution < 1.29 is 0 Å². The predicted octanol–water partition coefficient (Wildman–Crippen LogP) is 3.83. The van der Waals surface area contributed by atoms with Gasteiger partial charge < -0.3 is 0 Å². The third-order valence-corrected chi connectivity index (χ3v) is 2.68. The Morgan fingerprint density at radius 3 is 2.53 bits per heavy atom. The summed E-state index contributed by atoms with van der Waals surface area (Å²) in [6.45, 7) is 2.26. The molecule has 0 aromatic heterocycles. The molecule has 1 unspecified atom stereocenters. The Labute approximate surface area is 91.6 Å². The molecule has 0 aliphatic carbocycles. The molecule has 0 heterocycles. The first-order valence-electron chi connectivity index (χ1n) is 5.36. The van der Waals surface area contributed by atoms with Gasteiger partial charge in [-0.25, -0.2) is 0 Å². The van der Waals surface area contributed by atoms with Crippen molar-refractivity contribution in [3.05, 3.63) is 71.8 Å². The van der Waals surface area contributed by atoms with E-state index < -0.39 is 0 Å². The van der Waals surface area contributed by atoms with Crippen molar-refractivity contribution in [3.8, 4) is 0 Å². The lowest BCUT2D eigenvalue weighted by Crippen LogP contribution is -1.97. The van der Waals surface area contributed by atoms with E-state index >= 15 is 0 Å². The highest BCUT2D eigenvalue weighted by molar-refractivity contribution is 5.23. The molecular weight excluding hydrogens is 180 g/mol. The maximum absolute atomic E-state index is 3.13. The average molecular weight is 195 g/mol. The van der Waals surface area contributed by atoms with E-state index in [-0.39, 0.29) is 0 Å². The predicted molar refractivity (Wildman–Crippen MR) is 63.8 cm³/mol. The summed E-state index contributed by atoms with van der Waals surface area (Å²) in [4.78, 5) is 0. The lowest BCUT2D eigenvalue weighted by atomic mass is 9.94. The van der Waals surface area contributed by atoms with E-state index in [0.29, 0.717) is 5.92 Å². The van der Waals surface area contributed by atoms with Gasteiger partial charge in [0.2, 0.25) is 0 Å². The third-order valence-electron chi connectivity index (χ3n) is 2.68. The van der Waals surface area contributed by atoms with Crippen LogP contribution in [0.1, 0.15) is 24.0 Å². The van der Waals surface area contributed by atoms with Crippen LogP contribution in [0.15, 0.2) is 54.6 Å². The summed E-state index contributed by atoms with van der Waals surface area (Å²) in [5.41, 5.74) is 2.76. The Balaban J connectivity index is 2.08. The van der Waals surface area contributed by atoms with Crippen molar-refractivity contribution in [1.82, 2.24) is 0 Å². The molecule has 0 nitrogen and oxygen atoms in total. The maximum Gasteiger partial charge on any atom is -0.0150 e. The van der Waals surface area contributed by atoms with Crippen LogP contribution in [0.2, 0.25) is 0 Å². The lowest BCUT2D eigenvalue weighted by Gasteiger charge is -2.11. The zero-order valence-electron chi connectivity index (χ0n) is 8.98. The quantitative estimate of drug-likeness (QED) is 0.698.